The van der Waals surface area contributed by atoms with Crippen molar-refractivity contribution in [1.82, 2.24) is 0 Å². The lowest BCUT2D eigenvalue weighted by molar-refractivity contribution is 0.0711. The first-order valence-electron chi connectivity index (χ1n) is 3.58. The maximum atomic E-state index is 10.2. The number of hydrogen-bond donors (Lipinski definition) is 1. The van der Waals surface area contributed by atoms with Crippen molar-refractivity contribution in [2.24, 2.45) is 0 Å². The quantitative estimate of drug-likeness (QED) is 0.458. The van der Waals surface area contributed by atoms with Gasteiger partial charge in [0.05, 0.1) is 19.0 Å². The summed E-state index contributed by atoms with van der Waals surface area (Å²) in [6, 6.07) is 0. The number of methoxy groups -OCH3 is 1. The molecule has 0 radical (unpaired) electrons. The van der Waals surface area contributed by atoms with E-state index in [-0.39, 0.29) is 5.75 Å². The topological polar surface area (TPSA) is 72.8 Å². The number of hydrogen-bond acceptors (Lipinski definition) is 4. The van der Waals surface area contributed by atoms with Gasteiger partial charge < -0.3 is 9.47 Å². The highest BCUT2D eigenvalue weighted by Gasteiger charge is 2.02. The van der Waals surface area contributed by atoms with Crippen molar-refractivity contribution in [3.8, 4) is 0 Å². The summed E-state index contributed by atoms with van der Waals surface area (Å²) in [7, 11) is -2.27. The van der Waals surface area contributed by atoms with Gasteiger partial charge in [-0.25, -0.2) is 0 Å². The van der Waals surface area contributed by atoms with Gasteiger partial charge in [-0.15, -0.1) is 0 Å². The van der Waals surface area contributed by atoms with Gasteiger partial charge in [-0.05, 0) is 6.42 Å². The third-order valence-electron chi connectivity index (χ3n) is 1.12. The fraction of sp³-hybridized carbons (Fsp3) is 1.00. The Balaban J connectivity index is 3.12. The van der Waals surface area contributed by atoms with Gasteiger partial charge in [0, 0.05) is 13.7 Å². The predicted molar refractivity (Wildman–Crippen MR) is 43.7 cm³/mol. The van der Waals surface area contributed by atoms with Crippen LogP contribution < -0.4 is 0 Å². The lowest BCUT2D eigenvalue weighted by atomic mass is 10.5. The zero-order valence-corrected chi connectivity index (χ0v) is 7.84. The molecule has 0 amide bonds. The third-order valence-corrected chi connectivity index (χ3v) is 1.93. The third kappa shape index (κ3) is 9.83. The second kappa shape index (κ2) is 6.36. The molecule has 0 heterocycles. The van der Waals surface area contributed by atoms with E-state index in [4.69, 9.17) is 14.0 Å². The highest BCUT2D eigenvalue weighted by molar-refractivity contribution is 7.85. The first-order chi connectivity index (χ1) is 5.56. The molecular formula is C6H14O5S. The van der Waals surface area contributed by atoms with E-state index in [9.17, 15) is 8.42 Å². The predicted octanol–water partition coefficient (Wildman–Crippen LogP) is -0.0727. The molecule has 0 saturated carbocycles. The van der Waals surface area contributed by atoms with Gasteiger partial charge in [-0.1, -0.05) is 0 Å². The Bertz CT molecular complexity index is 186. The van der Waals surface area contributed by atoms with Crippen LogP contribution in [0.1, 0.15) is 6.42 Å². The summed E-state index contributed by atoms with van der Waals surface area (Å²) in [4.78, 5) is 0. The summed E-state index contributed by atoms with van der Waals surface area (Å²) < 4.78 is 38.4. The van der Waals surface area contributed by atoms with Gasteiger partial charge >= 0.3 is 0 Å². The maximum Gasteiger partial charge on any atom is 0.264 e. The Kier molecular flexibility index (Phi) is 6.27. The van der Waals surface area contributed by atoms with Gasteiger partial charge in [0.1, 0.15) is 0 Å². The summed E-state index contributed by atoms with van der Waals surface area (Å²) in [5, 5.41) is 0. The molecule has 0 fully saturated rings. The van der Waals surface area contributed by atoms with E-state index in [1.165, 1.54) is 0 Å². The molecule has 0 aliphatic carbocycles. The summed E-state index contributed by atoms with van der Waals surface area (Å²) >= 11 is 0. The van der Waals surface area contributed by atoms with Gasteiger partial charge in [-0.2, -0.15) is 8.42 Å². The maximum absolute atomic E-state index is 10.2. The molecule has 0 aromatic heterocycles. The molecule has 74 valence electrons. The van der Waals surface area contributed by atoms with Crippen molar-refractivity contribution in [3.63, 3.8) is 0 Å². The summed E-state index contributed by atoms with van der Waals surface area (Å²) in [6.07, 6.45) is 0.308. The van der Waals surface area contributed by atoms with Crippen LogP contribution in [0.4, 0.5) is 0 Å². The zero-order chi connectivity index (χ0) is 9.45. The fourth-order valence-electron chi connectivity index (χ4n) is 0.588. The van der Waals surface area contributed by atoms with Crippen molar-refractivity contribution >= 4 is 10.1 Å². The highest BCUT2D eigenvalue weighted by Crippen LogP contribution is 1.89. The SMILES string of the molecule is COCCOCCCS(=O)(=O)O. The average Bonchev–Trinajstić information content (AvgIpc) is 1.94. The normalized spacial score (nSPS) is 11.8. The minimum absolute atomic E-state index is 0.250. The van der Waals surface area contributed by atoms with Crippen LogP contribution in [-0.4, -0.2) is 45.7 Å². The molecule has 0 aliphatic heterocycles. The minimum atomic E-state index is -3.83. The van der Waals surface area contributed by atoms with E-state index >= 15 is 0 Å². The molecule has 0 aromatic rings. The molecule has 0 aliphatic rings. The van der Waals surface area contributed by atoms with Crippen molar-refractivity contribution in [3.05, 3.63) is 0 Å². The van der Waals surface area contributed by atoms with Crippen LogP contribution in [0.15, 0.2) is 0 Å². The van der Waals surface area contributed by atoms with Gasteiger partial charge in [0.2, 0.25) is 0 Å². The molecular weight excluding hydrogens is 184 g/mol. The van der Waals surface area contributed by atoms with E-state index < -0.39 is 10.1 Å². The first-order valence-corrected chi connectivity index (χ1v) is 5.19. The molecule has 0 saturated heterocycles. The molecule has 0 spiro atoms. The average molecular weight is 198 g/mol. The van der Waals surface area contributed by atoms with Crippen molar-refractivity contribution in [1.29, 1.82) is 0 Å². The Morgan fingerprint density at radius 2 is 1.92 bits per heavy atom. The van der Waals surface area contributed by atoms with Crippen LogP contribution in [-0.2, 0) is 19.6 Å². The summed E-state index contributed by atoms with van der Waals surface area (Å²) in [5.74, 6) is -0.250. The standard InChI is InChI=1S/C6H14O5S/c1-10-4-5-11-3-2-6-12(7,8)9/h2-6H2,1H3,(H,7,8,9). The van der Waals surface area contributed by atoms with Crippen LogP contribution in [0.2, 0.25) is 0 Å². The molecule has 5 nitrogen and oxygen atoms in total. The molecule has 0 bridgehead atoms. The van der Waals surface area contributed by atoms with E-state index in [0.29, 0.717) is 26.2 Å². The molecule has 0 rings (SSSR count). The Morgan fingerprint density at radius 1 is 1.25 bits per heavy atom. The van der Waals surface area contributed by atoms with E-state index in [2.05, 4.69) is 0 Å². The lowest BCUT2D eigenvalue weighted by Gasteiger charge is -2.01. The molecule has 1 N–H and O–H groups in total. The van der Waals surface area contributed by atoms with Crippen LogP contribution in [0.25, 0.3) is 0 Å². The fourth-order valence-corrected chi connectivity index (χ4v) is 1.07. The molecule has 6 heteroatoms. The van der Waals surface area contributed by atoms with Crippen LogP contribution >= 0.6 is 0 Å². The van der Waals surface area contributed by atoms with Crippen molar-refractivity contribution in [2.75, 3.05) is 32.7 Å². The van der Waals surface area contributed by atoms with Crippen molar-refractivity contribution < 1.29 is 22.4 Å². The molecule has 0 aromatic carbocycles. The Labute approximate surface area is 72.4 Å². The Hall–Kier alpha value is -0.170. The molecule has 0 atom stereocenters. The van der Waals surface area contributed by atoms with Gasteiger partial charge in [-0.3, -0.25) is 4.55 Å². The molecule has 12 heavy (non-hydrogen) atoms. The van der Waals surface area contributed by atoms with Gasteiger partial charge in [0.15, 0.2) is 0 Å². The van der Waals surface area contributed by atoms with E-state index in [1.807, 2.05) is 0 Å². The number of ether oxygens (including phenoxy) is 2. The summed E-state index contributed by atoms with van der Waals surface area (Å²) in [5.41, 5.74) is 0. The Morgan fingerprint density at radius 3 is 2.42 bits per heavy atom. The zero-order valence-electron chi connectivity index (χ0n) is 7.02. The van der Waals surface area contributed by atoms with Crippen LogP contribution in [0, 0.1) is 0 Å². The monoisotopic (exact) mass is 198 g/mol. The highest BCUT2D eigenvalue weighted by atomic mass is 32.2. The largest absolute Gasteiger partial charge is 0.382 e. The van der Waals surface area contributed by atoms with Gasteiger partial charge in [0.25, 0.3) is 10.1 Å². The van der Waals surface area contributed by atoms with Crippen molar-refractivity contribution in [2.45, 2.75) is 6.42 Å². The van der Waals surface area contributed by atoms with Crippen LogP contribution in [0.3, 0.4) is 0 Å². The van der Waals surface area contributed by atoms with E-state index in [1.54, 1.807) is 7.11 Å². The second-order valence-electron chi connectivity index (χ2n) is 2.24. The minimum Gasteiger partial charge on any atom is -0.382 e. The second-order valence-corrected chi connectivity index (χ2v) is 3.82. The van der Waals surface area contributed by atoms with Crippen LogP contribution in [0.5, 0.6) is 0 Å². The smallest absolute Gasteiger partial charge is 0.264 e. The lowest BCUT2D eigenvalue weighted by Crippen LogP contribution is -2.09. The first kappa shape index (κ1) is 11.8. The number of rotatable bonds is 7. The molecule has 0 unspecified atom stereocenters. The summed E-state index contributed by atoms with van der Waals surface area (Å²) in [6.45, 7) is 1.26. The van der Waals surface area contributed by atoms with E-state index in [0.717, 1.165) is 0 Å².